The SMILES string of the molecule is CCCc1noc(-c2cccc(CN=C(NCC)NC(C)CCS(C)(=O)=O)c2)n1. The van der Waals surface area contributed by atoms with Crippen LogP contribution in [0, 0.1) is 0 Å². The zero-order valence-corrected chi connectivity index (χ0v) is 18.4. The maximum atomic E-state index is 11.4. The van der Waals surface area contributed by atoms with E-state index in [0.29, 0.717) is 37.2 Å². The van der Waals surface area contributed by atoms with E-state index >= 15 is 0 Å². The maximum Gasteiger partial charge on any atom is 0.257 e. The molecule has 1 unspecified atom stereocenters. The fourth-order valence-corrected chi connectivity index (χ4v) is 3.47. The minimum atomic E-state index is -2.98. The lowest BCUT2D eigenvalue weighted by Crippen LogP contribution is -2.42. The van der Waals surface area contributed by atoms with Crippen molar-refractivity contribution in [2.24, 2.45) is 4.99 Å². The highest BCUT2D eigenvalue weighted by Crippen LogP contribution is 2.19. The van der Waals surface area contributed by atoms with E-state index in [2.05, 4.69) is 32.7 Å². The molecule has 160 valence electrons. The molecular formula is C20H31N5O3S. The van der Waals surface area contributed by atoms with Crippen LogP contribution in [0.2, 0.25) is 0 Å². The van der Waals surface area contributed by atoms with Gasteiger partial charge >= 0.3 is 0 Å². The lowest BCUT2D eigenvalue weighted by atomic mass is 10.1. The van der Waals surface area contributed by atoms with E-state index in [4.69, 9.17) is 4.52 Å². The van der Waals surface area contributed by atoms with Crippen LogP contribution in [0.25, 0.3) is 11.5 Å². The molecule has 0 saturated heterocycles. The fraction of sp³-hybridized carbons (Fsp3) is 0.550. The average molecular weight is 422 g/mol. The Morgan fingerprint density at radius 2 is 2.10 bits per heavy atom. The number of guanidine groups is 1. The summed E-state index contributed by atoms with van der Waals surface area (Å²) in [4.78, 5) is 9.04. The monoisotopic (exact) mass is 421 g/mol. The Balaban J connectivity index is 2.04. The van der Waals surface area contributed by atoms with Gasteiger partial charge in [-0.25, -0.2) is 13.4 Å². The molecular weight excluding hydrogens is 390 g/mol. The predicted octanol–water partition coefficient (Wildman–Crippen LogP) is 2.57. The molecule has 1 atom stereocenters. The Bertz CT molecular complexity index is 908. The summed E-state index contributed by atoms with van der Waals surface area (Å²) in [7, 11) is -2.98. The van der Waals surface area contributed by atoms with Crippen LogP contribution in [0.3, 0.4) is 0 Å². The second kappa shape index (κ2) is 10.9. The van der Waals surface area contributed by atoms with Gasteiger partial charge in [-0.05, 0) is 44.4 Å². The van der Waals surface area contributed by atoms with Crippen LogP contribution < -0.4 is 10.6 Å². The van der Waals surface area contributed by atoms with Gasteiger partial charge in [0.25, 0.3) is 5.89 Å². The molecule has 0 spiro atoms. The smallest absolute Gasteiger partial charge is 0.257 e. The van der Waals surface area contributed by atoms with Crippen LogP contribution in [-0.2, 0) is 22.8 Å². The second-order valence-electron chi connectivity index (χ2n) is 7.13. The molecule has 0 radical (unpaired) electrons. The van der Waals surface area contributed by atoms with E-state index < -0.39 is 9.84 Å². The van der Waals surface area contributed by atoms with Gasteiger partial charge in [-0.15, -0.1) is 0 Å². The molecule has 1 aromatic heterocycles. The molecule has 8 nitrogen and oxygen atoms in total. The number of nitrogens with zero attached hydrogens (tertiary/aromatic N) is 3. The van der Waals surface area contributed by atoms with Crippen molar-refractivity contribution in [2.75, 3.05) is 18.6 Å². The highest BCUT2D eigenvalue weighted by Gasteiger charge is 2.11. The highest BCUT2D eigenvalue weighted by molar-refractivity contribution is 7.90. The van der Waals surface area contributed by atoms with Crippen LogP contribution in [0.4, 0.5) is 0 Å². The van der Waals surface area contributed by atoms with Gasteiger partial charge in [-0.1, -0.05) is 24.2 Å². The molecule has 0 fully saturated rings. The Kier molecular flexibility index (Phi) is 8.63. The first kappa shape index (κ1) is 22.9. The number of aliphatic imine (C=N–C) groups is 1. The Hall–Kier alpha value is -2.42. The molecule has 1 heterocycles. The average Bonchev–Trinajstić information content (AvgIpc) is 3.13. The third-order valence-electron chi connectivity index (χ3n) is 4.18. The summed E-state index contributed by atoms with van der Waals surface area (Å²) < 4.78 is 28.1. The quantitative estimate of drug-likeness (QED) is 0.448. The fourth-order valence-electron chi connectivity index (χ4n) is 2.69. The van der Waals surface area contributed by atoms with E-state index in [9.17, 15) is 8.42 Å². The lowest BCUT2D eigenvalue weighted by molar-refractivity contribution is 0.422. The largest absolute Gasteiger partial charge is 0.357 e. The van der Waals surface area contributed by atoms with Crippen molar-refractivity contribution in [3.8, 4) is 11.5 Å². The van der Waals surface area contributed by atoms with Gasteiger partial charge in [0.2, 0.25) is 0 Å². The van der Waals surface area contributed by atoms with Crippen LogP contribution >= 0.6 is 0 Å². The van der Waals surface area contributed by atoms with E-state index in [1.54, 1.807) is 0 Å². The molecule has 2 aromatic rings. The third-order valence-corrected chi connectivity index (χ3v) is 5.16. The first-order valence-electron chi connectivity index (χ1n) is 9.95. The summed E-state index contributed by atoms with van der Waals surface area (Å²) in [6, 6.07) is 7.85. The van der Waals surface area contributed by atoms with Crippen molar-refractivity contribution in [3.05, 3.63) is 35.7 Å². The molecule has 2 N–H and O–H groups in total. The van der Waals surface area contributed by atoms with E-state index in [1.165, 1.54) is 6.26 Å². The Labute approximate surface area is 173 Å². The zero-order chi connectivity index (χ0) is 21.3. The number of aromatic nitrogens is 2. The molecule has 2 rings (SSSR count). The summed E-state index contributed by atoms with van der Waals surface area (Å²) in [5, 5.41) is 10.5. The number of rotatable bonds is 10. The van der Waals surface area contributed by atoms with Crippen molar-refractivity contribution >= 4 is 15.8 Å². The normalized spacial score (nSPS) is 13.3. The van der Waals surface area contributed by atoms with Gasteiger partial charge in [0.05, 0.1) is 12.3 Å². The molecule has 0 saturated carbocycles. The number of nitrogens with one attached hydrogen (secondary N) is 2. The molecule has 29 heavy (non-hydrogen) atoms. The molecule has 0 aliphatic rings. The Morgan fingerprint density at radius 3 is 2.79 bits per heavy atom. The standard InChI is InChI=1S/C20H31N5O3S/c1-5-8-18-24-19(28-25-18)17-10-7-9-16(13-17)14-22-20(21-6-2)23-15(3)11-12-29(4,26)27/h7,9-10,13,15H,5-6,8,11-12,14H2,1-4H3,(H2,21,22,23). The minimum Gasteiger partial charge on any atom is -0.357 e. The summed E-state index contributed by atoms with van der Waals surface area (Å²) in [6.45, 7) is 7.20. The first-order chi connectivity index (χ1) is 13.8. The molecule has 0 bridgehead atoms. The number of benzene rings is 1. The van der Waals surface area contributed by atoms with Gasteiger partial charge in [0.1, 0.15) is 9.84 Å². The summed E-state index contributed by atoms with van der Waals surface area (Å²) in [5.41, 5.74) is 1.88. The highest BCUT2D eigenvalue weighted by atomic mass is 32.2. The summed E-state index contributed by atoms with van der Waals surface area (Å²) in [5.74, 6) is 2.03. The van der Waals surface area contributed by atoms with Crippen molar-refractivity contribution in [2.45, 2.75) is 52.6 Å². The Morgan fingerprint density at radius 1 is 1.31 bits per heavy atom. The first-order valence-corrected chi connectivity index (χ1v) is 12.0. The van der Waals surface area contributed by atoms with Crippen molar-refractivity contribution in [1.29, 1.82) is 0 Å². The predicted molar refractivity (Wildman–Crippen MR) is 115 cm³/mol. The number of aryl methyl sites for hydroxylation is 1. The zero-order valence-electron chi connectivity index (χ0n) is 17.6. The molecule has 9 heteroatoms. The minimum absolute atomic E-state index is 0.00996. The van der Waals surface area contributed by atoms with Crippen molar-refractivity contribution in [3.63, 3.8) is 0 Å². The van der Waals surface area contributed by atoms with Crippen molar-refractivity contribution < 1.29 is 12.9 Å². The van der Waals surface area contributed by atoms with Gasteiger partial charge in [-0.3, -0.25) is 0 Å². The second-order valence-corrected chi connectivity index (χ2v) is 9.38. The summed E-state index contributed by atoms with van der Waals surface area (Å²) >= 11 is 0. The molecule has 0 aliphatic heterocycles. The van der Waals surface area contributed by atoms with E-state index in [-0.39, 0.29) is 11.8 Å². The number of sulfone groups is 1. The maximum absolute atomic E-state index is 11.4. The van der Waals surface area contributed by atoms with Gasteiger partial charge in [-0.2, -0.15) is 4.98 Å². The number of hydrogen-bond donors (Lipinski definition) is 2. The third kappa shape index (κ3) is 8.23. The van der Waals surface area contributed by atoms with Gasteiger partial charge in [0, 0.05) is 30.8 Å². The van der Waals surface area contributed by atoms with Crippen LogP contribution in [0.5, 0.6) is 0 Å². The lowest BCUT2D eigenvalue weighted by Gasteiger charge is -2.17. The molecule has 0 aliphatic carbocycles. The van der Waals surface area contributed by atoms with Crippen LogP contribution in [0.15, 0.2) is 33.8 Å². The van der Waals surface area contributed by atoms with Crippen molar-refractivity contribution in [1.82, 2.24) is 20.8 Å². The topological polar surface area (TPSA) is 109 Å². The van der Waals surface area contributed by atoms with E-state index in [1.807, 2.05) is 38.1 Å². The molecule has 1 aromatic carbocycles. The van der Waals surface area contributed by atoms with Crippen LogP contribution in [0.1, 0.15) is 45.0 Å². The molecule has 0 amide bonds. The van der Waals surface area contributed by atoms with Gasteiger partial charge < -0.3 is 15.2 Å². The number of hydrogen-bond acceptors (Lipinski definition) is 6. The van der Waals surface area contributed by atoms with E-state index in [0.717, 1.165) is 24.0 Å². The van der Waals surface area contributed by atoms with Gasteiger partial charge in [0.15, 0.2) is 11.8 Å². The summed E-state index contributed by atoms with van der Waals surface area (Å²) in [6.07, 6.45) is 3.54. The van der Waals surface area contributed by atoms with Crippen LogP contribution in [-0.4, -0.2) is 49.1 Å².